The zero-order valence-electron chi connectivity index (χ0n) is 14.3. The van der Waals surface area contributed by atoms with Crippen molar-refractivity contribution >= 4 is 5.84 Å². The van der Waals surface area contributed by atoms with Crippen molar-refractivity contribution in [1.29, 1.82) is 10.5 Å². The van der Waals surface area contributed by atoms with E-state index in [0.29, 0.717) is 12.4 Å². The van der Waals surface area contributed by atoms with E-state index < -0.39 is 22.2 Å². The normalized spacial score (nSPS) is 43.9. The standard InChI is InChI=1S/C18H18N4O3/c1-11-8-24-18(25-11)17(10-20)15(2,16(17,9-19)14(21)22-18)12-4-6-13(23-3)7-5-12/h4-7,11H,8H2,1-3H3,(H2,21,22)/p+1/t11-,15+,16+,17-,18+/m1/s1. The lowest BCUT2D eigenvalue weighted by Crippen LogP contribution is -2.90. The molecule has 5 atom stereocenters. The van der Waals surface area contributed by atoms with Gasteiger partial charge < -0.3 is 14.2 Å². The number of rotatable bonds is 2. The Kier molecular flexibility index (Phi) is 2.87. The number of methoxy groups -OCH3 is 1. The average Bonchev–Trinajstić information content (AvgIpc) is 2.80. The number of fused-ring (bicyclic) bond motifs is 2. The summed E-state index contributed by atoms with van der Waals surface area (Å²) in [5.41, 5.74) is 3.65. The highest BCUT2D eigenvalue weighted by Gasteiger charge is 3.03. The van der Waals surface area contributed by atoms with Crippen LogP contribution >= 0.6 is 0 Å². The monoisotopic (exact) mass is 339 g/mol. The van der Waals surface area contributed by atoms with Gasteiger partial charge >= 0.3 is 5.91 Å². The number of hydrogen-bond donors (Lipinski definition) is 2. The highest BCUT2D eigenvalue weighted by atomic mass is 16.8. The molecule has 1 saturated heterocycles. The fourth-order valence-electron chi connectivity index (χ4n) is 4.86. The van der Waals surface area contributed by atoms with Gasteiger partial charge in [-0.05, 0) is 24.6 Å². The summed E-state index contributed by atoms with van der Waals surface area (Å²) in [6, 6.07) is 12.0. The Labute approximate surface area is 145 Å². The Morgan fingerprint density at radius 3 is 2.44 bits per heavy atom. The lowest BCUT2D eigenvalue weighted by atomic mass is 9.84. The van der Waals surface area contributed by atoms with Gasteiger partial charge in [-0.15, -0.1) is 0 Å². The molecule has 1 aromatic carbocycles. The van der Waals surface area contributed by atoms with Gasteiger partial charge in [-0.1, -0.05) is 19.1 Å². The lowest BCUT2D eigenvalue weighted by Gasteiger charge is -2.27. The van der Waals surface area contributed by atoms with Crippen molar-refractivity contribution < 1.29 is 19.2 Å². The number of nitriles is 2. The van der Waals surface area contributed by atoms with Crippen LogP contribution in [0.25, 0.3) is 0 Å². The second-order valence-electron chi connectivity index (χ2n) is 6.97. The van der Waals surface area contributed by atoms with Gasteiger partial charge in [-0.25, -0.2) is 4.99 Å². The molecule has 7 nitrogen and oxygen atoms in total. The molecular weight excluding hydrogens is 320 g/mol. The molecule has 1 saturated carbocycles. The molecule has 1 aliphatic carbocycles. The molecule has 2 fully saturated rings. The van der Waals surface area contributed by atoms with Crippen molar-refractivity contribution in [2.45, 2.75) is 31.3 Å². The molecular formula is C18H19N4O3+. The predicted octanol–water partition coefficient (Wildman–Crippen LogP) is -0.473. The van der Waals surface area contributed by atoms with Crippen LogP contribution in [0.4, 0.5) is 0 Å². The first kappa shape index (κ1) is 15.9. The Hall–Kier alpha value is -2.61. The highest BCUT2D eigenvalue weighted by molar-refractivity contribution is 5.97. The van der Waals surface area contributed by atoms with Crippen LogP contribution in [0.15, 0.2) is 24.3 Å². The number of hydrogen-bond acceptors (Lipinski definition) is 6. The maximum atomic E-state index is 10.2. The zero-order chi connectivity index (χ0) is 18.1. The Bertz CT molecular complexity index is 870. The number of nitrogens with two attached hydrogens (primary N) is 1. The fourth-order valence-corrected chi connectivity index (χ4v) is 4.86. The largest absolute Gasteiger partial charge is 0.497 e. The van der Waals surface area contributed by atoms with Gasteiger partial charge in [-0.3, -0.25) is 5.73 Å². The van der Waals surface area contributed by atoms with E-state index >= 15 is 0 Å². The van der Waals surface area contributed by atoms with E-state index in [0.717, 1.165) is 5.56 Å². The molecule has 0 unspecified atom stereocenters. The van der Waals surface area contributed by atoms with Gasteiger partial charge in [0.2, 0.25) is 0 Å². The molecule has 2 aliphatic heterocycles. The summed E-state index contributed by atoms with van der Waals surface area (Å²) in [6.07, 6.45) is -0.208. The van der Waals surface area contributed by atoms with E-state index in [4.69, 9.17) is 19.9 Å². The third-order valence-electron chi connectivity index (χ3n) is 6.09. The van der Waals surface area contributed by atoms with Crippen LogP contribution in [0.1, 0.15) is 19.4 Å². The predicted molar refractivity (Wildman–Crippen MR) is 85.8 cm³/mol. The fraction of sp³-hybridized carbons (Fsp3) is 0.500. The van der Waals surface area contributed by atoms with Gasteiger partial charge in [0.05, 0.1) is 37.4 Å². The van der Waals surface area contributed by atoms with Crippen LogP contribution in [-0.4, -0.2) is 31.6 Å². The number of ether oxygens (including phenoxy) is 3. The molecule has 25 heavy (non-hydrogen) atoms. The summed E-state index contributed by atoms with van der Waals surface area (Å²) in [6.45, 7) is 4.05. The van der Waals surface area contributed by atoms with Crippen LogP contribution in [0, 0.1) is 33.5 Å². The molecule has 0 radical (unpaired) electrons. The van der Waals surface area contributed by atoms with Crippen LogP contribution < -0.4 is 15.5 Å². The summed E-state index contributed by atoms with van der Waals surface area (Å²) in [5, 5.41) is 20.3. The second-order valence-corrected chi connectivity index (χ2v) is 6.97. The molecule has 1 spiro atoms. The number of nitrogens with zero attached hydrogens (tertiary/aromatic N) is 2. The van der Waals surface area contributed by atoms with Crippen molar-refractivity contribution in [1.82, 2.24) is 0 Å². The molecule has 0 amide bonds. The Morgan fingerprint density at radius 2 is 1.96 bits per heavy atom. The van der Waals surface area contributed by atoms with Crippen LogP contribution in [0.2, 0.25) is 0 Å². The summed E-state index contributed by atoms with van der Waals surface area (Å²) < 4.78 is 17.1. The lowest BCUT2D eigenvalue weighted by molar-refractivity contribution is -0.679. The summed E-state index contributed by atoms with van der Waals surface area (Å²) in [4.78, 5) is 2.97. The second kappa shape index (κ2) is 4.51. The van der Waals surface area contributed by atoms with E-state index in [9.17, 15) is 10.5 Å². The first-order valence-electron chi connectivity index (χ1n) is 8.09. The minimum atomic E-state index is -1.42. The first-order valence-corrected chi connectivity index (χ1v) is 8.09. The van der Waals surface area contributed by atoms with Crippen molar-refractivity contribution in [3.63, 3.8) is 0 Å². The smallest absolute Gasteiger partial charge is 0.344 e. The van der Waals surface area contributed by atoms with E-state index in [1.54, 1.807) is 19.2 Å². The van der Waals surface area contributed by atoms with Gasteiger partial charge in [0.15, 0.2) is 10.8 Å². The highest BCUT2D eigenvalue weighted by Crippen LogP contribution is 2.82. The molecule has 4 rings (SSSR count). The Balaban J connectivity index is 1.94. The van der Waals surface area contributed by atoms with Gasteiger partial charge in [-0.2, -0.15) is 10.5 Å². The third kappa shape index (κ3) is 1.34. The van der Waals surface area contributed by atoms with Crippen molar-refractivity contribution in [3.8, 4) is 17.9 Å². The average molecular weight is 339 g/mol. The van der Waals surface area contributed by atoms with E-state index in [1.807, 2.05) is 26.0 Å². The van der Waals surface area contributed by atoms with E-state index in [-0.39, 0.29) is 11.9 Å². The maximum Gasteiger partial charge on any atom is 0.344 e. The number of benzene rings is 1. The molecule has 3 N–H and O–H groups in total. The van der Waals surface area contributed by atoms with Gasteiger partial charge in [0.1, 0.15) is 5.75 Å². The van der Waals surface area contributed by atoms with Crippen LogP contribution in [-0.2, 0) is 14.9 Å². The minimum absolute atomic E-state index is 0.208. The number of amidine groups is 1. The van der Waals surface area contributed by atoms with Crippen LogP contribution in [0.3, 0.4) is 0 Å². The molecule has 0 aromatic heterocycles. The van der Waals surface area contributed by atoms with Crippen molar-refractivity contribution in [2.24, 2.45) is 16.6 Å². The SMILES string of the molecule is COc1ccc([C@@]2(C)[C@]3(C#N)C(N)=[NH+][C@]4(OC[C@@H](C)O4)[C@@]32C#N)cc1. The van der Waals surface area contributed by atoms with Gasteiger partial charge in [0.25, 0.3) is 5.84 Å². The third-order valence-corrected chi connectivity index (χ3v) is 6.09. The molecule has 3 aliphatic rings. The van der Waals surface area contributed by atoms with Crippen molar-refractivity contribution in [2.75, 3.05) is 13.7 Å². The first-order chi connectivity index (χ1) is 11.9. The zero-order valence-corrected chi connectivity index (χ0v) is 14.3. The van der Waals surface area contributed by atoms with Crippen LogP contribution in [0.5, 0.6) is 5.75 Å². The summed E-state index contributed by atoms with van der Waals surface area (Å²) in [7, 11) is 1.59. The quantitative estimate of drug-likeness (QED) is 0.752. The number of nitrogens with one attached hydrogen (secondary N) is 1. The Morgan fingerprint density at radius 1 is 1.28 bits per heavy atom. The minimum Gasteiger partial charge on any atom is -0.497 e. The van der Waals surface area contributed by atoms with Gasteiger partial charge in [0, 0.05) is 0 Å². The maximum absolute atomic E-state index is 10.2. The topological polar surface area (TPSA) is 115 Å². The summed E-state index contributed by atoms with van der Waals surface area (Å²) >= 11 is 0. The van der Waals surface area contributed by atoms with E-state index in [2.05, 4.69) is 17.1 Å². The molecule has 2 heterocycles. The summed E-state index contributed by atoms with van der Waals surface area (Å²) in [5.74, 6) is -0.513. The van der Waals surface area contributed by atoms with Crippen molar-refractivity contribution in [3.05, 3.63) is 29.8 Å². The molecule has 0 bridgehead atoms. The van der Waals surface area contributed by atoms with E-state index in [1.165, 1.54) is 0 Å². The molecule has 128 valence electrons. The molecule has 1 aromatic rings. The molecule has 7 heteroatoms.